The smallest absolute Gasteiger partial charge is 0.366 e. The zero-order valence-corrected chi connectivity index (χ0v) is 48.1. The zero-order valence-electron chi connectivity index (χ0n) is 43.9. The van der Waals surface area contributed by atoms with Gasteiger partial charge in [0.2, 0.25) is 0 Å². The number of aromatic carboxylic acids is 1. The van der Waals surface area contributed by atoms with Crippen LogP contribution in [0.15, 0.2) is 62.7 Å². The Hall–Kier alpha value is -6.67. The summed E-state index contributed by atoms with van der Waals surface area (Å²) in [7, 11) is -8.81. The van der Waals surface area contributed by atoms with Crippen molar-refractivity contribution in [3.05, 3.63) is 130 Å². The number of aryl methyl sites for hydroxylation is 4. The number of nitrogens with zero attached hydrogens (tertiary/aromatic N) is 3. The number of aromatic nitrogens is 2. The van der Waals surface area contributed by atoms with Crippen LogP contribution < -0.4 is 31.7 Å². The summed E-state index contributed by atoms with van der Waals surface area (Å²) in [4.78, 5) is 73.2. The Labute approximate surface area is 481 Å². The van der Waals surface area contributed by atoms with E-state index in [9.17, 15) is 52.6 Å². The fourth-order valence-electron chi connectivity index (χ4n) is 12.0. The molecule has 4 aromatic carbocycles. The van der Waals surface area contributed by atoms with Crippen molar-refractivity contribution in [3.63, 3.8) is 0 Å². The Morgan fingerprint density at radius 1 is 0.807 bits per heavy atom. The number of hydrogen-bond donors (Lipinski definition) is 6. The van der Waals surface area contributed by atoms with Crippen LogP contribution in [-0.4, -0.2) is 88.4 Å². The molecular formula is C54H52Cl2N6O18P3+. The third-order valence-corrected chi connectivity index (χ3v) is 26.2. The molecule has 6 N–H and O–H groups in total. The summed E-state index contributed by atoms with van der Waals surface area (Å²) >= 11 is 14.4. The number of carboxylic acids is 1. The van der Waals surface area contributed by atoms with Gasteiger partial charge in [-0.25, -0.2) is 9.21 Å². The fraction of sp³-hybridized carbons (Fsp3) is 0.370. The number of halogens is 2. The van der Waals surface area contributed by atoms with Crippen molar-refractivity contribution in [1.29, 1.82) is 0 Å². The van der Waals surface area contributed by atoms with Crippen molar-refractivity contribution in [2.45, 2.75) is 89.5 Å². The number of H-pyrrole nitrogens is 1. The largest absolute Gasteiger partial charge is 0.478 e. The normalized spacial score (nSPS) is 17.7. The van der Waals surface area contributed by atoms with Crippen LogP contribution in [0.3, 0.4) is 0 Å². The molecule has 83 heavy (non-hydrogen) atoms. The number of carbonyl (C=O) groups is 3. The van der Waals surface area contributed by atoms with E-state index < -0.39 is 69.4 Å². The predicted octanol–water partition coefficient (Wildman–Crippen LogP) is 9.77. The van der Waals surface area contributed by atoms with Crippen molar-refractivity contribution < 1.29 is 76.3 Å². The monoisotopic (exact) mass is 1240 g/mol. The van der Waals surface area contributed by atoms with Crippen LogP contribution in [0.5, 0.6) is 0 Å². The number of hydrogen-bond acceptors (Lipinski definition) is 18. The molecule has 29 heteroatoms. The first kappa shape index (κ1) is 58.1. The molecule has 1 fully saturated rings. The van der Waals surface area contributed by atoms with E-state index in [1.54, 1.807) is 12.1 Å². The summed E-state index contributed by atoms with van der Waals surface area (Å²) in [5, 5.41) is 39.0. The number of anilines is 2. The molecule has 434 valence electrons. The van der Waals surface area contributed by atoms with E-state index >= 15 is 0 Å². The molecule has 0 radical (unpaired) electrons. The van der Waals surface area contributed by atoms with Gasteiger partial charge in [-0.15, -0.1) is 0 Å². The fourth-order valence-corrected chi connectivity index (χ4v) is 17.1. The Balaban J connectivity index is 0.765. The third kappa shape index (κ3) is 10.4. The Kier molecular flexibility index (Phi) is 16.4. The quantitative estimate of drug-likeness (QED) is 0.0123. The van der Waals surface area contributed by atoms with Crippen molar-refractivity contribution in [3.8, 4) is 23.0 Å². The maximum atomic E-state index is 14.0. The SMILES string of the molecule is O=C(NCC#CCc1cn([C@H]2CC[C@@H](COP(OO)(OOO)(P(=O)=O)P(=O)=O)O2)c(=O)[nH]c1=O)c1ccc(CNC(=O)c2cc(Cl)c(-c3c4cc5c6c(c4[o+]c4c7c8c(cc34)CCCN8CCC7)CCCN6CCC5)c(C(=O)O)c2Cl)cc1. The van der Waals surface area contributed by atoms with E-state index in [-0.39, 0.29) is 70.2 Å². The van der Waals surface area contributed by atoms with Gasteiger partial charge in [0.05, 0.1) is 54.4 Å². The molecule has 5 aliphatic heterocycles. The number of aromatic amines is 1. The molecule has 2 aromatic heterocycles. The minimum atomic E-state index is -6.55. The molecule has 11 rings (SSSR count). The van der Waals surface area contributed by atoms with Gasteiger partial charge in [0, 0.05) is 49.4 Å². The molecule has 2 atom stereocenters. The first-order valence-corrected chi connectivity index (χ1v) is 33.1. The van der Waals surface area contributed by atoms with E-state index in [1.807, 2.05) is 0 Å². The molecule has 0 unspecified atom stereocenters. The van der Waals surface area contributed by atoms with Gasteiger partial charge < -0.3 is 25.5 Å². The number of nitrogens with one attached hydrogen (secondary N) is 3. The third-order valence-electron chi connectivity index (χ3n) is 15.8. The summed E-state index contributed by atoms with van der Waals surface area (Å²) in [6, 6.07) is 12.0. The average molecular weight is 1240 g/mol. The molecule has 24 nitrogen and oxygen atoms in total. The van der Waals surface area contributed by atoms with Crippen molar-refractivity contribution in [2.24, 2.45) is 0 Å². The van der Waals surface area contributed by atoms with Crippen molar-refractivity contribution in [1.82, 2.24) is 20.2 Å². The summed E-state index contributed by atoms with van der Waals surface area (Å²) in [6.45, 7) is -3.80. The van der Waals surface area contributed by atoms with Gasteiger partial charge in [0.25, 0.3) is 11.8 Å². The minimum absolute atomic E-state index is 0.0268. The van der Waals surface area contributed by atoms with Gasteiger partial charge >= 0.3 is 190 Å². The zero-order chi connectivity index (χ0) is 58.5. The Morgan fingerprint density at radius 2 is 1.42 bits per heavy atom. The van der Waals surface area contributed by atoms with Crippen LogP contribution in [0.4, 0.5) is 11.4 Å². The number of rotatable bonds is 17. The number of amides is 2. The van der Waals surface area contributed by atoms with Gasteiger partial charge in [-0.2, -0.15) is 0 Å². The second-order valence-electron chi connectivity index (χ2n) is 20.6. The van der Waals surface area contributed by atoms with Crippen molar-refractivity contribution in [2.75, 3.05) is 49.1 Å². The van der Waals surface area contributed by atoms with Crippen LogP contribution in [0.25, 0.3) is 33.1 Å². The molecule has 1 saturated heterocycles. The molecule has 0 aliphatic carbocycles. The molecule has 2 amide bonds. The molecule has 0 spiro atoms. The van der Waals surface area contributed by atoms with E-state index in [4.69, 9.17) is 42.1 Å². The average Bonchev–Trinajstić information content (AvgIpc) is 1.65. The Bertz CT molecular complexity index is 3940. The Morgan fingerprint density at radius 3 is 2.00 bits per heavy atom. The number of ether oxygens (including phenoxy) is 1. The minimum Gasteiger partial charge on any atom is -0.478 e. The second-order valence-corrected chi connectivity index (χ2v) is 31.6. The standard InChI is InChI=1S/C54H51Cl2N6O18P3/c55-40-25-39(45(56)44(53(66)67)43(40)42-37-23-31-8-3-19-60-21-5-10-35(46(31)60)48(37)77-49-36-11-6-22-61-20-4-9-32(47(36)61)24-38(42)49)52(65)58-26-29-12-14-30(15-13-29)50(63)57-18-2-1-7-33-27-62(54(68)59-51(33)64)41-17-16-34(76-41)28-75-83(79-70,80-78-69,81(71)72)82(73)74/h12-15,23-25,27,34,41H,3-11,16-22,26,28H2,(H5-,57,58,59,63,64,65,66,67,68,69,70)/p+1/t34-,41+/m0/s1. The molecule has 7 heterocycles. The first-order chi connectivity index (χ1) is 39.9. The van der Waals surface area contributed by atoms with E-state index in [0.29, 0.717) is 22.3 Å². The predicted molar refractivity (Wildman–Crippen MR) is 302 cm³/mol. The maximum Gasteiger partial charge on any atom is 0.366 e. The van der Waals surface area contributed by atoms with E-state index in [1.165, 1.54) is 46.9 Å². The molecule has 0 bridgehead atoms. The summed E-state index contributed by atoms with van der Waals surface area (Å²) in [5.74, 6) is 2.97. The number of carbonyl (C=O) groups excluding carboxylic acids is 2. The van der Waals surface area contributed by atoms with Crippen LogP contribution in [0.2, 0.25) is 10.0 Å². The second kappa shape index (κ2) is 23.4. The van der Waals surface area contributed by atoms with Crippen LogP contribution in [0, 0.1) is 11.8 Å². The summed E-state index contributed by atoms with van der Waals surface area (Å²) < 4.78 is 74.0. The number of fused-ring (bicyclic) bond motifs is 4. The molecule has 6 aromatic rings. The molecule has 0 saturated carbocycles. The number of carboxylic acid groups (broad SMARTS) is 1. The van der Waals surface area contributed by atoms with Crippen LogP contribution in [0.1, 0.15) is 109 Å². The summed E-state index contributed by atoms with van der Waals surface area (Å²) in [5.41, 5.74) is 8.05. The first-order valence-electron chi connectivity index (χ1n) is 26.6. The van der Waals surface area contributed by atoms with Crippen molar-refractivity contribution >= 4 is 95.7 Å². The van der Waals surface area contributed by atoms with Gasteiger partial charge in [-0.1, -0.05) is 35.3 Å². The number of benzene rings is 4. The van der Waals surface area contributed by atoms with Gasteiger partial charge in [-0.3, -0.25) is 9.59 Å². The maximum absolute atomic E-state index is 14.0. The summed E-state index contributed by atoms with van der Waals surface area (Å²) in [6.07, 6.45) is 6.13. The van der Waals surface area contributed by atoms with Crippen LogP contribution >= 0.6 is 44.6 Å². The van der Waals surface area contributed by atoms with E-state index in [2.05, 4.69) is 63.8 Å². The van der Waals surface area contributed by atoms with Gasteiger partial charge in [0.15, 0.2) is 0 Å². The van der Waals surface area contributed by atoms with E-state index in [0.717, 1.165) is 104 Å². The molecular weight excluding hydrogens is 1180 g/mol. The van der Waals surface area contributed by atoms with Gasteiger partial charge in [0.1, 0.15) is 0 Å². The van der Waals surface area contributed by atoms with Crippen LogP contribution in [-0.2, 0) is 80.6 Å². The van der Waals surface area contributed by atoms with Gasteiger partial charge in [-0.05, 0) is 98.4 Å². The molecule has 5 aliphatic rings. The topological polar surface area (TPSA) is 323 Å².